The van der Waals surface area contributed by atoms with E-state index in [4.69, 9.17) is 9.47 Å². The first-order valence-corrected chi connectivity index (χ1v) is 10.0. The lowest BCUT2D eigenvalue weighted by Gasteiger charge is -2.34. The number of thiophene rings is 1. The third-order valence-electron chi connectivity index (χ3n) is 5.17. The monoisotopic (exact) mass is 375 g/mol. The van der Waals surface area contributed by atoms with Gasteiger partial charge in [0.2, 0.25) is 0 Å². The number of hydrogen-bond acceptors (Lipinski definition) is 5. The molecule has 1 amide bonds. The number of rotatable bonds is 5. The maximum atomic E-state index is 12.9. The number of ether oxygens (including phenoxy) is 2. The van der Waals surface area contributed by atoms with Crippen LogP contribution in [0.15, 0.2) is 24.7 Å². The molecular weight excluding hydrogens is 350 g/mol. The third kappa shape index (κ3) is 3.84. The highest BCUT2D eigenvalue weighted by Gasteiger charge is 2.29. The summed E-state index contributed by atoms with van der Waals surface area (Å²) in [6, 6.07) is 4.04. The van der Waals surface area contributed by atoms with Crippen LogP contribution in [-0.2, 0) is 16.0 Å². The number of fused-ring (bicyclic) bond motifs is 1. The summed E-state index contributed by atoms with van der Waals surface area (Å²) in [4.78, 5) is 21.0. The summed E-state index contributed by atoms with van der Waals surface area (Å²) in [7, 11) is 0. The van der Waals surface area contributed by atoms with E-state index in [0.29, 0.717) is 25.6 Å². The normalized spacial score (nSPS) is 21.0. The van der Waals surface area contributed by atoms with Crippen LogP contribution in [-0.4, -0.2) is 53.3 Å². The second-order valence-electron chi connectivity index (χ2n) is 7.14. The second-order valence-corrected chi connectivity index (χ2v) is 8.42. The van der Waals surface area contributed by atoms with E-state index in [-0.39, 0.29) is 11.9 Å². The highest BCUT2D eigenvalue weighted by Crippen LogP contribution is 2.25. The van der Waals surface area contributed by atoms with Crippen molar-refractivity contribution in [1.29, 1.82) is 0 Å². The van der Waals surface area contributed by atoms with E-state index in [0.717, 1.165) is 48.1 Å². The molecule has 2 aliphatic heterocycles. The van der Waals surface area contributed by atoms with Crippen molar-refractivity contribution >= 4 is 17.2 Å². The van der Waals surface area contributed by atoms with E-state index >= 15 is 0 Å². The molecule has 1 saturated heterocycles. The molecule has 2 aromatic rings. The molecule has 0 aromatic carbocycles. The number of aryl methyl sites for hydroxylation is 1. The van der Waals surface area contributed by atoms with E-state index in [1.165, 1.54) is 0 Å². The maximum absolute atomic E-state index is 12.9. The number of imidazole rings is 1. The third-order valence-corrected chi connectivity index (χ3v) is 6.16. The molecule has 4 rings (SSSR count). The van der Waals surface area contributed by atoms with E-state index in [1.807, 2.05) is 36.5 Å². The Kier molecular flexibility index (Phi) is 5.38. The fraction of sp³-hybridized carbons (Fsp3) is 0.579. The van der Waals surface area contributed by atoms with Gasteiger partial charge in [0.05, 0.1) is 36.1 Å². The molecule has 140 valence electrons. The molecular formula is C19H25N3O3S. The lowest BCUT2D eigenvalue weighted by molar-refractivity contribution is 0.00604. The van der Waals surface area contributed by atoms with Crippen LogP contribution < -0.4 is 0 Å². The minimum Gasteiger partial charge on any atom is -0.381 e. The molecule has 0 N–H and O–H groups in total. The van der Waals surface area contributed by atoms with Crippen LogP contribution in [0.5, 0.6) is 0 Å². The standard InChI is InChI=1S/C19H25N3O3S/c1-14-2-3-18(26-14)19(23)21-9-16-8-20-13-22(16)17(10-21)12-25-11-15-4-6-24-7-5-15/h2-3,8,13,15,17H,4-7,9-12H2,1H3/t17-/m1/s1. The molecule has 0 unspecified atom stereocenters. The first kappa shape index (κ1) is 17.7. The number of carbonyl (C=O) groups excluding carboxylic acids is 1. The van der Waals surface area contributed by atoms with Crippen molar-refractivity contribution in [2.75, 3.05) is 33.0 Å². The summed E-state index contributed by atoms with van der Waals surface area (Å²) in [5.41, 5.74) is 1.07. The zero-order valence-electron chi connectivity index (χ0n) is 15.1. The zero-order valence-corrected chi connectivity index (χ0v) is 15.9. The van der Waals surface area contributed by atoms with Crippen molar-refractivity contribution in [3.63, 3.8) is 0 Å². The van der Waals surface area contributed by atoms with Crippen LogP contribution in [0.2, 0.25) is 0 Å². The van der Waals surface area contributed by atoms with Crippen molar-refractivity contribution in [1.82, 2.24) is 14.5 Å². The quantitative estimate of drug-likeness (QED) is 0.806. The van der Waals surface area contributed by atoms with Crippen molar-refractivity contribution in [3.8, 4) is 0 Å². The zero-order chi connectivity index (χ0) is 17.9. The van der Waals surface area contributed by atoms with E-state index in [2.05, 4.69) is 9.55 Å². The van der Waals surface area contributed by atoms with Gasteiger partial charge in [-0.15, -0.1) is 11.3 Å². The highest BCUT2D eigenvalue weighted by atomic mass is 32.1. The molecule has 0 spiro atoms. The lowest BCUT2D eigenvalue weighted by Crippen LogP contribution is -2.42. The Balaban J connectivity index is 1.40. The average Bonchev–Trinajstić information content (AvgIpc) is 3.30. The van der Waals surface area contributed by atoms with Crippen LogP contribution in [0.4, 0.5) is 0 Å². The van der Waals surface area contributed by atoms with Gasteiger partial charge < -0.3 is 18.9 Å². The van der Waals surface area contributed by atoms with E-state index in [1.54, 1.807) is 11.3 Å². The maximum Gasteiger partial charge on any atom is 0.264 e. The Morgan fingerprint density at radius 3 is 2.96 bits per heavy atom. The number of nitrogens with zero attached hydrogens (tertiary/aromatic N) is 3. The van der Waals surface area contributed by atoms with Crippen molar-refractivity contribution in [2.45, 2.75) is 32.4 Å². The molecule has 1 fully saturated rings. The Bertz CT molecular complexity index is 751. The van der Waals surface area contributed by atoms with Crippen LogP contribution in [0, 0.1) is 12.8 Å². The average molecular weight is 375 g/mol. The molecule has 7 heteroatoms. The smallest absolute Gasteiger partial charge is 0.264 e. The van der Waals surface area contributed by atoms with Gasteiger partial charge in [0, 0.05) is 37.4 Å². The summed E-state index contributed by atoms with van der Waals surface area (Å²) in [6.45, 7) is 6.34. The Hall–Kier alpha value is -1.70. The van der Waals surface area contributed by atoms with Crippen LogP contribution in [0.25, 0.3) is 0 Å². The largest absolute Gasteiger partial charge is 0.381 e. The molecule has 0 radical (unpaired) electrons. The number of amides is 1. The van der Waals surface area contributed by atoms with Gasteiger partial charge in [-0.1, -0.05) is 0 Å². The van der Waals surface area contributed by atoms with Gasteiger partial charge in [-0.2, -0.15) is 0 Å². The fourth-order valence-corrected chi connectivity index (χ4v) is 4.50. The highest BCUT2D eigenvalue weighted by molar-refractivity contribution is 7.13. The molecule has 2 aliphatic rings. The summed E-state index contributed by atoms with van der Waals surface area (Å²) >= 11 is 1.55. The van der Waals surface area contributed by atoms with Crippen molar-refractivity contribution in [2.24, 2.45) is 5.92 Å². The van der Waals surface area contributed by atoms with Crippen LogP contribution >= 0.6 is 11.3 Å². The van der Waals surface area contributed by atoms with Gasteiger partial charge in [-0.25, -0.2) is 4.98 Å². The molecule has 1 atom stereocenters. The van der Waals surface area contributed by atoms with Gasteiger partial charge in [0.1, 0.15) is 0 Å². The summed E-state index contributed by atoms with van der Waals surface area (Å²) in [6.07, 6.45) is 5.85. The predicted molar refractivity (Wildman–Crippen MR) is 99.4 cm³/mol. The van der Waals surface area contributed by atoms with Gasteiger partial charge in [0.25, 0.3) is 5.91 Å². The fourth-order valence-electron chi connectivity index (χ4n) is 3.66. The SMILES string of the molecule is Cc1ccc(C(=O)N2Cc3cncn3[C@@H](COCC3CCOCC3)C2)s1. The Morgan fingerprint density at radius 2 is 2.19 bits per heavy atom. The van der Waals surface area contributed by atoms with Gasteiger partial charge in [-0.3, -0.25) is 4.79 Å². The van der Waals surface area contributed by atoms with E-state index in [9.17, 15) is 4.79 Å². The lowest BCUT2D eigenvalue weighted by atomic mass is 10.0. The minimum absolute atomic E-state index is 0.102. The van der Waals surface area contributed by atoms with Gasteiger partial charge >= 0.3 is 0 Å². The van der Waals surface area contributed by atoms with E-state index < -0.39 is 0 Å². The first-order valence-electron chi connectivity index (χ1n) is 9.22. The molecule has 4 heterocycles. The Labute approximate surface area is 157 Å². The molecule has 26 heavy (non-hydrogen) atoms. The summed E-state index contributed by atoms with van der Waals surface area (Å²) in [5.74, 6) is 0.686. The molecule has 2 aromatic heterocycles. The number of hydrogen-bond donors (Lipinski definition) is 0. The summed E-state index contributed by atoms with van der Waals surface area (Å²) < 4.78 is 13.6. The molecule has 6 nitrogen and oxygen atoms in total. The number of aromatic nitrogens is 2. The second kappa shape index (κ2) is 7.90. The molecule has 0 bridgehead atoms. The first-order chi connectivity index (χ1) is 12.7. The van der Waals surface area contributed by atoms with Crippen LogP contribution in [0.3, 0.4) is 0 Å². The minimum atomic E-state index is 0.102. The number of carbonyl (C=O) groups is 1. The molecule has 0 saturated carbocycles. The topological polar surface area (TPSA) is 56.6 Å². The predicted octanol–water partition coefficient (Wildman–Crippen LogP) is 2.89. The van der Waals surface area contributed by atoms with Crippen LogP contribution in [0.1, 0.15) is 39.1 Å². The Morgan fingerprint density at radius 1 is 1.35 bits per heavy atom. The van der Waals surface area contributed by atoms with Crippen molar-refractivity contribution < 1.29 is 14.3 Å². The summed E-state index contributed by atoms with van der Waals surface area (Å²) in [5, 5.41) is 0. The van der Waals surface area contributed by atoms with Gasteiger partial charge in [-0.05, 0) is 37.8 Å². The van der Waals surface area contributed by atoms with Crippen molar-refractivity contribution in [3.05, 3.63) is 40.1 Å². The van der Waals surface area contributed by atoms with Gasteiger partial charge in [0.15, 0.2) is 0 Å². The molecule has 0 aliphatic carbocycles.